The fraction of sp³-hybridized carbons (Fsp3) is 0.222. The van der Waals surface area contributed by atoms with Gasteiger partial charge in [-0.3, -0.25) is 0 Å². The van der Waals surface area contributed by atoms with Gasteiger partial charge in [0.1, 0.15) is 5.65 Å². The van der Waals surface area contributed by atoms with E-state index in [2.05, 4.69) is 27.1 Å². The molecule has 0 N–H and O–H groups in total. The van der Waals surface area contributed by atoms with Crippen molar-refractivity contribution in [3.8, 4) is 0 Å². The lowest BCUT2D eigenvalue weighted by molar-refractivity contribution is 1.09. The Morgan fingerprint density at radius 1 is 1.42 bits per heavy atom. The Labute approximate surface area is 79.4 Å². The maximum absolute atomic E-state index is 4.44. The largest absolute Gasteiger partial charge is 0.307 e. The number of hydrogen-bond donors (Lipinski definition) is 0. The van der Waals surface area contributed by atoms with Crippen LogP contribution < -0.4 is 0 Å². The van der Waals surface area contributed by atoms with E-state index in [4.69, 9.17) is 0 Å². The summed E-state index contributed by atoms with van der Waals surface area (Å²) in [5.41, 5.74) is 2.16. The zero-order valence-corrected chi connectivity index (χ0v) is 8.16. The van der Waals surface area contributed by atoms with Crippen molar-refractivity contribution in [3.63, 3.8) is 0 Å². The van der Waals surface area contributed by atoms with Crippen LogP contribution in [0.2, 0.25) is 0 Å². The molecule has 0 saturated carbocycles. The molecule has 0 atom stereocenters. The Kier molecular flexibility index (Phi) is 2.13. The highest BCUT2D eigenvalue weighted by Crippen LogP contribution is 2.05. The third-order valence-electron chi connectivity index (χ3n) is 1.76. The average Bonchev–Trinajstić information content (AvgIpc) is 2.47. The molecule has 2 aromatic rings. The predicted molar refractivity (Wildman–Crippen MR) is 52.7 cm³/mol. The molecule has 0 radical (unpaired) electrons. The van der Waals surface area contributed by atoms with Crippen LogP contribution in [0.5, 0.6) is 0 Å². The summed E-state index contributed by atoms with van der Waals surface area (Å²) in [7, 11) is 0. The van der Waals surface area contributed by atoms with E-state index < -0.39 is 0 Å². The number of pyridine rings is 1. The molecule has 12 heavy (non-hydrogen) atoms. The number of alkyl halides is 1. The van der Waals surface area contributed by atoms with E-state index in [0.29, 0.717) is 0 Å². The van der Waals surface area contributed by atoms with Gasteiger partial charge in [-0.15, -0.1) is 0 Å². The summed E-state index contributed by atoms with van der Waals surface area (Å²) in [5, 5.41) is 0.969. The fourth-order valence-electron chi connectivity index (χ4n) is 1.20. The van der Waals surface area contributed by atoms with Gasteiger partial charge in [-0.2, -0.15) is 0 Å². The SMILES string of the molecule is BrCCc1cn2ccccc2n1. The lowest BCUT2D eigenvalue weighted by atomic mass is 10.4. The normalized spacial score (nSPS) is 10.8. The highest BCUT2D eigenvalue weighted by Gasteiger charge is 1.98. The van der Waals surface area contributed by atoms with E-state index in [-0.39, 0.29) is 0 Å². The van der Waals surface area contributed by atoms with Crippen LogP contribution in [0.4, 0.5) is 0 Å². The Balaban J connectivity index is 2.47. The molecule has 0 spiro atoms. The second-order valence-corrected chi connectivity index (χ2v) is 3.43. The van der Waals surface area contributed by atoms with Gasteiger partial charge in [-0.1, -0.05) is 22.0 Å². The number of hydrogen-bond acceptors (Lipinski definition) is 1. The van der Waals surface area contributed by atoms with Crippen LogP contribution in [0.25, 0.3) is 5.65 Å². The van der Waals surface area contributed by atoms with Crippen molar-refractivity contribution in [2.45, 2.75) is 6.42 Å². The van der Waals surface area contributed by atoms with Gasteiger partial charge in [0.25, 0.3) is 0 Å². The van der Waals surface area contributed by atoms with Crippen molar-refractivity contribution in [1.29, 1.82) is 0 Å². The smallest absolute Gasteiger partial charge is 0.136 e. The summed E-state index contributed by atoms with van der Waals surface area (Å²) in [4.78, 5) is 4.44. The summed E-state index contributed by atoms with van der Waals surface area (Å²) in [6.45, 7) is 0. The molecule has 0 amide bonds. The molecular formula is C9H9BrN2. The van der Waals surface area contributed by atoms with Gasteiger partial charge in [0.15, 0.2) is 0 Å². The van der Waals surface area contributed by atoms with Gasteiger partial charge in [-0.25, -0.2) is 4.98 Å². The first kappa shape index (κ1) is 7.80. The third-order valence-corrected chi connectivity index (χ3v) is 2.16. The van der Waals surface area contributed by atoms with Gasteiger partial charge < -0.3 is 4.40 Å². The zero-order valence-electron chi connectivity index (χ0n) is 6.57. The van der Waals surface area contributed by atoms with E-state index in [9.17, 15) is 0 Å². The molecule has 0 aliphatic rings. The van der Waals surface area contributed by atoms with Crippen LogP contribution in [0.3, 0.4) is 0 Å². The number of halogens is 1. The molecular weight excluding hydrogens is 216 g/mol. The molecule has 0 fully saturated rings. The van der Waals surface area contributed by atoms with E-state index >= 15 is 0 Å². The van der Waals surface area contributed by atoms with Crippen molar-refractivity contribution in [1.82, 2.24) is 9.38 Å². The second-order valence-electron chi connectivity index (χ2n) is 2.64. The summed E-state index contributed by atoms with van der Waals surface area (Å²) < 4.78 is 2.04. The summed E-state index contributed by atoms with van der Waals surface area (Å²) in [5.74, 6) is 0. The van der Waals surface area contributed by atoms with E-state index in [0.717, 1.165) is 23.1 Å². The average molecular weight is 225 g/mol. The number of nitrogens with zero attached hydrogens (tertiary/aromatic N) is 2. The zero-order chi connectivity index (χ0) is 8.39. The van der Waals surface area contributed by atoms with Gasteiger partial charge in [0, 0.05) is 24.1 Å². The number of aromatic nitrogens is 2. The van der Waals surface area contributed by atoms with E-state index in [1.54, 1.807) is 0 Å². The van der Waals surface area contributed by atoms with Gasteiger partial charge in [0.2, 0.25) is 0 Å². The highest BCUT2D eigenvalue weighted by molar-refractivity contribution is 9.09. The highest BCUT2D eigenvalue weighted by atomic mass is 79.9. The molecule has 2 aromatic heterocycles. The Morgan fingerprint density at radius 2 is 2.33 bits per heavy atom. The van der Waals surface area contributed by atoms with Gasteiger partial charge in [0.05, 0.1) is 5.69 Å². The predicted octanol–water partition coefficient (Wildman–Crippen LogP) is 2.27. The summed E-state index contributed by atoms with van der Waals surface area (Å²) in [6, 6.07) is 6.02. The van der Waals surface area contributed by atoms with Crippen molar-refractivity contribution in [3.05, 3.63) is 36.3 Å². The van der Waals surface area contributed by atoms with E-state index in [1.807, 2.05) is 28.8 Å². The summed E-state index contributed by atoms with van der Waals surface area (Å²) in [6.07, 6.45) is 5.07. The number of rotatable bonds is 2. The molecule has 2 rings (SSSR count). The van der Waals surface area contributed by atoms with Gasteiger partial charge >= 0.3 is 0 Å². The second kappa shape index (κ2) is 3.27. The molecule has 0 aliphatic heterocycles. The first-order valence-electron chi connectivity index (χ1n) is 3.89. The molecule has 3 heteroatoms. The Hall–Kier alpha value is -0.830. The lowest BCUT2D eigenvalue weighted by Crippen LogP contribution is -1.83. The Bertz CT molecular complexity index is 348. The van der Waals surface area contributed by atoms with Crippen molar-refractivity contribution < 1.29 is 0 Å². The van der Waals surface area contributed by atoms with Crippen molar-refractivity contribution >= 4 is 21.6 Å². The van der Waals surface area contributed by atoms with Crippen LogP contribution in [-0.2, 0) is 6.42 Å². The topological polar surface area (TPSA) is 17.3 Å². The molecule has 2 heterocycles. The number of fused-ring (bicyclic) bond motifs is 1. The minimum Gasteiger partial charge on any atom is -0.307 e. The molecule has 0 bridgehead atoms. The quantitative estimate of drug-likeness (QED) is 0.716. The van der Waals surface area contributed by atoms with Crippen LogP contribution in [-0.4, -0.2) is 14.7 Å². The molecule has 62 valence electrons. The van der Waals surface area contributed by atoms with Crippen molar-refractivity contribution in [2.75, 3.05) is 5.33 Å². The minimum absolute atomic E-state index is 0.969. The third kappa shape index (κ3) is 1.37. The lowest BCUT2D eigenvalue weighted by Gasteiger charge is -1.86. The van der Waals surface area contributed by atoms with Crippen LogP contribution in [0.15, 0.2) is 30.6 Å². The standard InChI is InChI=1S/C9H9BrN2/c10-5-4-8-7-12-6-2-1-3-9(12)11-8/h1-3,6-7H,4-5H2. The summed E-state index contributed by atoms with van der Waals surface area (Å²) >= 11 is 3.39. The molecule has 0 aromatic carbocycles. The van der Waals surface area contributed by atoms with Crippen LogP contribution >= 0.6 is 15.9 Å². The number of imidazole rings is 1. The number of aryl methyl sites for hydroxylation is 1. The first-order valence-corrected chi connectivity index (χ1v) is 5.01. The fourth-order valence-corrected chi connectivity index (χ4v) is 1.61. The maximum atomic E-state index is 4.44. The first-order chi connectivity index (χ1) is 5.90. The Morgan fingerprint density at radius 3 is 3.08 bits per heavy atom. The monoisotopic (exact) mass is 224 g/mol. The minimum atomic E-state index is 0.969. The maximum Gasteiger partial charge on any atom is 0.136 e. The molecule has 0 aliphatic carbocycles. The van der Waals surface area contributed by atoms with Gasteiger partial charge in [-0.05, 0) is 12.1 Å². The molecule has 2 nitrogen and oxygen atoms in total. The molecule has 0 saturated heterocycles. The van der Waals surface area contributed by atoms with Crippen molar-refractivity contribution in [2.24, 2.45) is 0 Å². The molecule has 0 unspecified atom stereocenters. The van der Waals surface area contributed by atoms with Crippen LogP contribution in [0, 0.1) is 0 Å². The van der Waals surface area contributed by atoms with Crippen LogP contribution in [0.1, 0.15) is 5.69 Å². The van der Waals surface area contributed by atoms with E-state index in [1.165, 1.54) is 0 Å².